The molecule has 1 atom stereocenters. The Balaban J connectivity index is 1.86. The zero-order valence-corrected chi connectivity index (χ0v) is 21.8. The fraction of sp³-hybridized carbons (Fsp3) is 0.423. The number of hydrogen-bond donors (Lipinski definition) is 1. The van der Waals surface area contributed by atoms with Crippen LogP contribution in [0.25, 0.3) is 11.4 Å². The first-order chi connectivity index (χ1) is 17.8. The molecule has 0 bridgehead atoms. The average molecular weight is 513 g/mol. The zero-order valence-electron chi connectivity index (χ0n) is 21.8. The van der Waals surface area contributed by atoms with Gasteiger partial charge in [-0.25, -0.2) is 4.39 Å². The van der Waals surface area contributed by atoms with Gasteiger partial charge >= 0.3 is 0 Å². The summed E-state index contributed by atoms with van der Waals surface area (Å²) in [7, 11) is 3.05. The van der Waals surface area contributed by atoms with Crippen LogP contribution in [0.1, 0.15) is 33.6 Å². The Morgan fingerprint density at radius 3 is 2.49 bits per heavy atom. The van der Waals surface area contributed by atoms with E-state index in [1.807, 2.05) is 0 Å². The van der Waals surface area contributed by atoms with E-state index < -0.39 is 17.8 Å². The van der Waals surface area contributed by atoms with Crippen molar-refractivity contribution in [2.45, 2.75) is 46.2 Å². The summed E-state index contributed by atoms with van der Waals surface area (Å²) in [5, 5.41) is 15.2. The summed E-state index contributed by atoms with van der Waals surface area (Å²) < 4.78 is 25.4. The number of anilines is 1. The number of rotatable bonds is 12. The van der Waals surface area contributed by atoms with Gasteiger partial charge in [-0.15, -0.1) is 10.2 Å². The molecule has 2 aromatic carbocycles. The Kier molecular flexibility index (Phi) is 9.53. The van der Waals surface area contributed by atoms with Crippen LogP contribution < -0.4 is 19.7 Å². The van der Waals surface area contributed by atoms with Gasteiger partial charge in [-0.05, 0) is 54.3 Å². The molecule has 2 amide bonds. The van der Waals surface area contributed by atoms with Crippen molar-refractivity contribution in [1.82, 2.24) is 25.5 Å². The number of carbonyl (C=O) groups excluding carboxylic acids is 2. The quantitative estimate of drug-likeness (QED) is 0.396. The van der Waals surface area contributed by atoms with Gasteiger partial charge in [-0.2, -0.15) is 4.80 Å². The number of carbonyl (C=O) groups is 2. The molecule has 0 aliphatic carbocycles. The van der Waals surface area contributed by atoms with Crippen molar-refractivity contribution in [3.8, 4) is 22.9 Å². The Labute approximate surface area is 215 Å². The summed E-state index contributed by atoms with van der Waals surface area (Å²) >= 11 is 0. The van der Waals surface area contributed by atoms with E-state index in [2.05, 4.69) is 34.6 Å². The third-order valence-electron chi connectivity index (χ3n) is 5.77. The Bertz CT molecular complexity index is 1220. The van der Waals surface area contributed by atoms with Crippen molar-refractivity contribution in [3.63, 3.8) is 0 Å². The van der Waals surface area contributed by atoms with Gasteiger partial charge in [0.05, 0.1) is 19.9 Å². The smallest absolute Gasteiger partial charge is 0.251 e. The molecule has 0 radical (unpaired) electrons. The number of amides is 2. The van der Waals surface area contributed by atoms with Crippen LogP contribution in [0.5, 0.6) is 11.5 Å². The topological polar surface area (TPSA) is 111 Å². The SMILES string of the molecule is CC[C@@H](C(=O)NCCC(C)C)N(C(=O)Cn1nnc(-c2ccc(OC)c(OC)c2)n1)c1ccccc1F. The number of methoxy groups -OCH3 is 2. The molecule has 11 heteroatoms. The maximum absolute atomic E-state index is 14.8. The van der Waals surface area contributed by atoms with Crippen LogP contribution in [0.2, 0.25) is 0 Å². The summed E-state index contributed by atoms with van der Waals surface area (Å²) in [5.74, 6) is 0.207. The highest BCUT2D eigenvalue weighted by Crippen LogP contribution is 2.31. The van der Waals surface area contributed by atoms with Crippen molar-refractivity contribution in [2.75, 3.05) is 25.7 Å². The fourth-order valence-electron chi connectivity index (χ4n) is 3.81. The molecule has 198 valence electrons. The van der Waals surface area contributed by atoms with Crippen molar-refractivity contribution in [2.24, 2.45) is 5.92 Å². The van der Waals surface area contributed by atoms with Gasteiger partial charge in [0.15, 0.2) is 11.5 Å². The molecular weight excluding hydrogens is 479 g/mol. The lowest BCUT2D eigenvalue weighted by Gasteiger charge is -2.30. The Morgan fingerprint density at radius 1 is 1.11 bits per heavy atom. The van der Waals surface area contributed by atoms with Crippen LogP contribution in [0.3, 0.4) is 0 Å². The molecule has 0 fully saturated rings. The van der Waals surface area contributed by atoms with Crippen LogP contribution in [0.4, 0.5) is 10.1 Å². The maximum atomic E-state index is 14.8. The van der Waals surface area contributed by atoms with E-state index in [9.17, 15) is 14.0 Å². The van der Waals surface area contributed by atoms with Crippen molar-refractivity contribution < 1.29 is 23.5 Å². The lowest BCUT2D eigenvalue weighted by Crippen LogP contribution is -2.51. The van der Waals surface area contributed by atoms with Gasteiger partial charge in [0.2, 0.25) is 11.7 Å². The molecule has 0 spiro atoms. The number of aromatic nitrogens is 4. The second-order valence-corrected chi connectivity index (χ2v) is 8.83. The van der Waals surface area contributed by atoms with Gasteiger partial charge in [-0.3, -0.25) is 14.5 Å². The summed E-state index contributed by atoms with van der Waals surface area (Å²) in [6.07, 6.45) is 1.08. The monoisotopic (exact) mass is 512 g/mol. The number of para-hydroxylation sites is 1. The van der Waals surface area contributed by atoms with E-state index >= 15 is 0 Å². The van der Waals surface area contributed by atoms with Crippen LogP contribution in [-0.2, 0) is 16.1 Å². The summed E-state index contributed by atoms with van der Waals surface area (Å²) in [4.78, 5) is 28.8. The predicted molar refractivity (Wildman–Crippen MR) is 137 cm³/mol. The van der Waals surface area contributed by atoms with Gasteiger partial charge in [0.1, 0.15) is 18.4 Å². The molecule has 0 aliphatic heterocycles. The Hall–Kier alpha value is -4.02. The number of hydrogen-bond acceptors (Lipinski definition) is 7. The predicted octanol–water partition coefficient (Wildman–Crippen LogP) is 3.47. The highest BCUT2D eigenvalue weighted by Gasteiger charge is 2.32. The number of tetrazole rings is 1. The Morgan fingerprint density at radius 2 is 1.84 bits per heavy atom. The van der Waals surface area contributed by atoms with Crippen LogP contribution in [0.15, 0.2) is 42.5 Å². The number of ether oxygens (including phenoxy) is 2. The highest BCUT2D eigenvalue weighted by molar-refractivity contribution is 6.00. The van der Waals surface area contributed by atoms with E-state index in [0.29, 0.717) is 29.5 Å². The average Bonchev–Trinajstić information content (AvgIpc) is 3.35. The molecule has 0 unspecified atom stereocenters. The number of nitrogens with one attached hydrogen (secondary N) is 1. The minimum Gasteiger partial charge on any atom is -0.493 e. The van der Waals surface area contributed by atoms with E-state index in [4.69, 9.17) is 9.47 Å². The minimum atomic E-state index is -0.912. The molecule has 1 aromatic heterocycles. The molecule has 1 N–H and O–H groups in total. The van der Waals surface area contributed by atoms with E-state index in [1.165, 1.54) is 37.3 Å². The molecule has 37 heavy (non-hydrogen) atoms. The number of nitrogens with zero attached hydrogens (tertiary/aromatic N) is 5. The third-order valence-corrected chi connectivity index (χ3v) is 5.77. The van der Waals surface area contributed by atoms with Crippen molar-refractivity contribution in [1.29, 1.82) is 0 Å². The van der Waals surface area contributed by atoms with Crippen LogP contribution >= 0.6 is 0 Å². The molecule has 0 saturated heterocycles. The first kappa shape index (κ1) is 27.6. The third kappa shape index (κ3) is 6.81. The highest BCUT2D eigenvalue weighted by atomic mass is 19.1. The first-order valence-electron chi connectivity index (χ1n) is 12.1. The second kappa shape index (κ2) is 12.8. The molecule has 0 saturated carbocycles. The lowest BCUT2D eigenvalue weighted by molar-refractivity contribution is -0.127. The van der Waals surface area contributed by atoms with Crippen molar-refractivity contribution >= 4 is 17.5 Å². The van der Waals surface area contributed by atoms with Crippen LogP contribution in [-0.4, -0.2) is 58.8 Å². The normalized spacial score (nSPS) is 11.8. The molecule has 1 heterocycles. The second-order valence-electron chi connectivity index (χ2n) is 8.83. The van der Waals surface area contributed by atoms with E-state index in [-0.39, 0.29) is 30.4 Å². The summed E-state index contributed by atoms with van der Waals surface area (Å²) in [6, 6.07) is 10.1. The number of halogens is 1. The lowest BCUT2D eigenvalue weighted by atomic mass is 10.1. The molecule has 0 aliphatic rings. The summed E-state index contributed by atoms with van der Waals surface area (Å²) in [5.41, 5.74) is 0.622. The van der Waals surface area contributed by atoms with Gasteiger partial charge in [0, 0.05) is 12.1 Å². The first-order valence-corrected chi connectivity index (χ1v) is 12.1. The number of benzene rings is 2. The fourth-order valence-corrected chi connectivity index (χ4v) is 3.81. The summed E-state index contributed by atoms with van der Waals surface area (Å²) in [6.45, 7) is 6.01. The minimum absolute atomic E-state index is 0.0126. The molecule has 3 aromatic rings. The molecular formula is C26H33FN6O4. The molecule has 3 rings (SSSR count). The van der Waals surface area contributed by atoms with Gasteiger partial charge in [0.25, 0.3) is 5.91 Å². The van der Waals surface area contributed by atoms with Crippen LogP contribution in [0, 0.1) is 11.7 Å². The largest absolute Gasteiger partial charge is 0.493 e. The molecule has 10 nitrogen and oxygen atoms in total. The van der Waals surface area contributed by atoms with E-state index in [1.54, 1.807) is 31.2 Å². The van der Waals surface area contributed by atoms with Crippen molar-refractivity contribution in [3.05, 3.63) is 48.3 Å². The standard InChI is InChI=1S/C26H33FN6O4/c1-6-20(26(35)28-14-13-17(2)3)33(21-10-8-7-9-19(21)27)24(34)16-32-30-25(29-31-32)18-11-12-22(36-4)23(15-18)37-5/h7-12,15,17,20H,6,13-14,16H2,1-5H3,(H,28,35)/t20-/m0/s1. The zero-order chi connectivity index (χ0) is 26.9. The van der Waals surface area contributed by atoms with E-state index in [0.717, 1.165) is 11.2 Å². The maximum Gasteiger partial charge on any atom is 0.251 e. The van der Waals surface area contributed by atoms with Gasteiger partial charge in [-0.1, -0.05) is 32.9 Å². The van der Waals surface area contributed by atoms with Gasteiger partial charge < -0.3 is 14.8 Å².